The van der Waals surface area contributed by atoms with E-state index >= 15 is 0 Å². The molecule has 6 nitrogen and oxygen atoms in total. The summed E-state index contributed by atoms with van der Waals surface area (Å²) in [6.07, 6.45) is 3.38. The molecule has 0 unspecified atom stereocenters. The van der Waals surface area contributed by atoms with Crippen molar-refractivity contribution in [3.05, 3.63) is 47.2 Å². The molecule has 3 aromatic rings. The molecule has 1 aromatic carbocycles. The lowest BCUT2D eigenvalue weighted by Crippen LogP contribution is -2.08. The summed E-state index contributed by atoms with van der Waals surface area (Å²) >= 11 is 4.59. The zero-order valence-electron chi connectivity index (χ0n) is 11.3. The van der Waals surface area contributed by atoms with Crippen molar-refractivity contribution in [3.63, 3.8) is 0 Å². The maximum absolute atomic E-state index is 12.2. The van der Waals surface area contributed by atoms with Crippen LogP contribution in [0.25, 0.3) is 5.78 Å². The van der Waals surface area contributed by atoms with Gasteiger partial charge in [0, 0.05) is 22.6 Å². The van der Waals surface area contributed by atoms with E-state index < -0.39 is 9.84 Å². The molecule has 2 heterocycles. The Morgan fingerprint density at radius 3 is 2.73 bits per heavy atom. The van der Waals surface area contributed by atoms with Crippen molar-refractivity contribution in [3.8, 4) is 0 Å². The van der Waals surface area contributed by atoms with Crippen molar-refractivity contribution in [2.75, 3.05) is 11.5 Å². The van der Waals surface area contributed by atoms with Crippen molar-refractivity contribution in [2.24, 2.45) is 0 Å². The molecule has 3 rings (SSSR count). The highest BCUT2D eigenvalue weighted by Crippen LogP contribution is 2.19. The molecule has 0 aliphatic rings. The summed E-state index contributed by atoms with van der Waals surface area (Å²) in [5.74, 6) is 0.915. The van der Waals surface area contributed by atoms with Gasteiger partial charge in [-0.1, -0.05) is 27.7 Å². The van der Waals surface area contributed by atoms with Crippen LogP contribution in [0.3, 0.4) is 0 Å². The van der Waals surface area contributed by atoms with Crippen LogP contribution in [0.4, 0.5) is 0 Å². The van der Waals surface area contributed by atoms with Gasteiger partial charge in [-0.2, -0.15) is 4.98 Å². The quantitative estimate of drug-likeness (QED) is 0.614. The van der Waals surface area contributed by atoms with Gasteiger partial charge in [0.2, 0.25) is 5.16 Å². The van der Waals surface area contributed by atoms with Crippen LogP contribution in [0.1, 0.15) is 0 Å². The van der Waals surface area contributed by atoms with Crippen molar-refractivity contribution < 1.29 is 8.42 Å². The molecule has 0 radical (unpaired) electrons. The van der Waals surface area contributed by atoms with Crippen LogP contribution in [-0.4, -0.2) is 39.5 Å². The fourth-order valence-electron chi connectivity index (χ4n) is 1.78. The second-order valence-corrected chi connectivity index (χ2v) is 8.47. The minimum Gasteiger partial charge on any atom is -0.224 e. The number of rotatable bonds is 5. The van der Waals surface area contributed by atoms with E-state index in [1.807, 2.05) is 0 Å². The lowest BCUT2D eigenvalue weighted by atomic mass is 10.4. The molecule has 0 aliphatic carbocycles. The van der Waals surface area contributed by atoms with Crippen LogP contribution in [0.2, 0.25) is 0 Å². The molecule has 0 aliphatic heterocycles. The molecule has 0 bridgehead atoms. The summed E-state index contributed by atoms with van der Waals surface area (Å²) in [5.41, 5.74) is 0. The molecule has 0 spiro atoms. The number of hydrogen-bond acceptors (Lipinski definition) is 6. The number of thioether (sulfide) groups is 1. The summed E-state index contributed by atoms with van der Waals surface area (Å²) in [6, 6.07) is 8.38. The molecule has 0 saturated heterocycles. The first-order valence-corrected chi connectivity index (χ1v) is 9.76. The van der Waals surface area contributed by atoms with Gasteiger partial charge < -0.3 is 0 Å². The van der Waals surface area contributed by atoms with Crippen molar-refractivity contribution in [1.82, 2.24) is 19.6 Å². The largest absolute Gasteiger partial charge is 0.253 e. The SMILES string of the molecule is O=S(=O)(CCSc1nc2ncccn2n1)c1ccc(Br)cc1. The molecule has 9 heteroatoms. The zero-order valence-corrected chi connectivity index (χ0v) is 14.5. The van der Waals surface area contributed by atoms with Gasteiger partial charge in [0.05, 0.1) is 10.6 Å². The van der Waals surface area contributed by atoms with E-state index in [1.54, 1.807) is 47.2 Å². The number of hydrogen-bond donors (Lipinski definition) is 0. The fraction of sp³-hybridized carbons (Fsp3) is 0.154. The molecule has 0 N–H and O–H groups in total. The number of benzene rings is 1. The molecular weight excluding hydrogens is 388 g/mol. The Hall–Kier alpha value is -1.45. The number of nitrogens with zero attached hydrogens (tertiary/aromatic N) is 4. The molecular formula is C13H11BrN4O2S2. The Morgan fingerprint density at radius 1 is 1.23 bits per heavy atom. The van der Waals surface area contributed by atoms with Crippen LogP contribution in [0.15, 0.2) is 57.3 Å². The molecule has 0 saturated carbocycles. The van der Waals surface area contributed by atoms with Gasteiger partial charge in [0.25, 0.3) is 5.78 Å². The monoisotopic (exact) mass is 398 g/mol. The normalized spacial score (nSPS) is 11.9. The second-order valence-electron chi connectivity index (χ2n) is 4.38. The number of fused-ring (bicyclic) bond motifs is 1. The minimum atomic E-state index is -3.30. The highest BCUT2D eigenvalue weighted by molar-refractivity contribution is 9.10. The van der Waals surface area contributed by atoms with Crippen LogP contribution >= 0.6 is 27.7 Å². The smallest absolute Gasteiger partial charge is 0.224 e. The first-order chi connectivity index (χ1) is 10.5. The van der Waals surface area contributed by atoms with Crippen molar-refractivity contribution >= 4 is 43.3 Å². The molecule has 2 aromatic heterocycles. The van der Waals surface area contributed by atoms with Crippen molar-refractivity contribution in [1.29, 1.82) is 0 Å². The van der Waals surface area contributed by atoms with Gasteiger partial charge in [0.1, 0.15) is 0 Å². The number of sulfone groups is 1. The van der Waals surface area contributed by atoms with Gasteiger partial charge in [-0.3, -0.25) is 0 Å². The van der Waals surface area contributed by atoms with E-state index in [1.165, 1.54) is 11.8 Å². The molecule has 0 amide bonds. The van der Waals surface area contributed by atoms with Gasteiger partial charge in [-0.05, 0) is 30.3 Å². The van der Waals surface area contributed by atoms with E-state index in [0.717, 1.165) is 4.47 Å². The summed E-state index contributed by atoms with van der Waals surface area (Å²) in [6.45, 7) is 0. The van der Waals surface area contributed by atoms with Gasteiger partial charge >= 0.3 is 0 Å². The van der Waals surface area contributed by atoms with Gasteiger partial charge in [0.15, 0.2) is 9.84 Å². The summed E-state index contributed by atoms with van der Waals surface area (Å²) < 4.78 is 26.8. The molecule has 0 atom stereocenters. The Bertz CT molecular complexity index is 861. The third kappa shape index (κ3) is 3.47. The second kappa shape index (κ2) is 6.35. The summed E-state index contributed by atoms with van der Waals surface area (Å²) in [5, 5.41) is 4.74. The average molecular weight is 399 g/mol. The summed E-state index contributed by atoms with van der Waals surface area (Å²) in [4.78, 5) is 8.61. The highest BCUT2D eigenvalue weighted by Gasteiger charge is 2.15. The predicted molar refractivity (Wildman–Crippen MR) is 87.7 cm³/mol. The van der Waals surface area contributed by atoms with E-state index in [2.05, 4.69) is 31.0 Å². The molecule has 0 fully saturated rings. The van der Waals surface area contributed by atoms with Crippen molar-refractivity contribution in [2.45, 2.75) is 10.1 Å². The van der Waals surface area contributed by atoms with Crippen LogP contribution < -0.4 is 0 Å². The molecule has 114 valence electrons. The third-order valence-corrected chi connectivity index (χ3v) is 6.21. The lowest BCUT2D eigenvalue weighted by molar-refractivity contribution is 0.597. The minimum absolute atomic E-state index is 0.0300. The topological polar surface area (TPSA) is 77.2 Å². The lowest BCUT2D eigenvalue weighted by Gasteiger charge is -2.03. The predicted octanol–water partition coefficient (Wildman–Crippen LogP) is 2.45. The van der Waals surface area contributed by atoms with Gasteiger partial charge in [-0.25, -0.2) is 17.9 Å². The van der Waals surface area contributed by atoms with E-state index in [4.69, 9.17) is 0 Å². The Morgan fingerprint density at radius 2 is 2.00 bits per heavy atom. The Labute approximate surface area is 140 Å². The standard InChI is InChI=1S/C13H11BrN4O2S2/c14-10-2-4-11(5-3-10)22(19,20)9-8-21-13-16-12-15-6-1-7-18(12)17-13/h1-7H,8-9H2. The van der Waals surface area contributed by atoms with E-state index in [0.29, 0.717) is 21.6 Å². The average Bonchev–Trinajstić information content (AvgIpc) is 2.90. The number of aromatic nitrogens is 4. The Kier molecular flexibility index (Phi) is 4.46. The number of halogens is 1. The van der Waals surface area contributed by atoms with E-state index in [9.17, 15) is 8.42 Å². The molecule has 22 heavy (non-hydrogen) atoms. The first kappa shape index (κ1) is 15.4. The maximum atomic E-state index is 12.2. The van der Waals surface area contributed by atoms with Crippen LogP contribution in [-0.2, 0) is 9.84 Å². The Balaban J connectivity index is 1.65. The van der Waals surface area contributed by atoms with E-state index in [-0.39, 0.29) is 5.75 Å². The zero-order chi connectivity index (χ0) is 15.6. The van der Waals surface area contributed by atoms with Gasteiger partial charge in [-0.15, -0.1) is 5.10 Å². The van der Waals surface area contributed by atoms with Crippen LogP contribution in [0, 0.1) is 0 Å². The third-order valence-electron chi connectivity index (χ3n) is 2.85. The highest BCUT2D eigenvalue weighted by atomic mass is 79.9. The maximum Gasteiger partial charge on any atom is 0.253 e. The fourth-order valence-corrected chi connectivity index (χ4v) is 4.51. The van der Waals surface area contributed by atoms with Crippen LogP contribution in [0.5, 0.6) is 0 Å². The summed E-state index contributed by atoms with van der Waals surface area (Å²) in [7, 11) is -3.30. The first-order valence-electron chi connectivity index (χ1n) is 6.33.